The largest absolute Gasteiger partial charge is 0.348 e. The molecule has 1 fully saturated rings. The zero-order chi connectivity index (χ0) is 8.86. The van der Waals surface area contributed by atoms with E-state index in [-0.39, 0.29) is 5.79 Å². The molecule has 0 saturated carbocycles. The predicted octanol–water partition coefficient (Wildman–Crippen LogP) is 1.51. The number of aldehydes is 1. The number of hydrogen-bond donors (Lipinski definition) is 0. The molecule has 0 spiro atoms. The van der Waals surface area contributed by atoms with Gasteiger partial charge in [-0.1, -0.05) is 0 Å². The Morgan fingerprint density at radius 1 is 1.33 bits per heavy atom. The van der Waals surface area contributed by atoms with Crippen molar-refractivity contribution in [1.82, 2.24) is 0 Å². The maximum absolute atomic E-state index is 10.0. The monoisotopic (exact) mass is 172 g/mol. The van der Waals surface area contributed by atoms with Gasteiger partial charge in [0.15, 0.2) is 5.79 Å². The molecular formula is C9H16O3. The van der Waals surface area contributed by atoms with Gasteiger partial charge in [0.1, 0.15) is 6.29 Å². The van der Waals surface area contributed by atoms with Crippen LogP contribution in [-0.4, -0.2) is 25.3 Å². The van der Waals surface area contributed by atoms with E-state index in [2.05, 4.69) is 0 Å². The van der Waals surface area contributed by atoms with Crippen molar-refractivity contribution in [2.24, 2.45) is 0 Å². The fourth-order valence-electron chi connectivity index (χ4n) is 1.37. The average molecular weight is 172 g/mol. The van der Waals surface area contributed by atoms with Gasteiger partial charge >= 0.3 is 0 Å². The molecule has 3 nitrogen and oxygen atoms in total. The van der Waals surface area contributed by atoms with Gasteiger partial charge in [0.25, 0.3) is 0 Å². The minimum absolute atomic E-state index is 0.372. The summed E-state index contributed by atoms with van der Waals surface area (Å²) in [6.45, 7) is 3.36. The van der Waals surface area contributed by atoms with Gasteiger partial charge in [0, 0.05) is 12.8 Å². The third-order valence-electron chi connectivity index (χ3n) is 2.10. The Kier molecular flexibility index (Phi) is 3.69. The maximum Gasteiger partial charge on any atom is 0.165 e. The van der Waals surface area contributed by atoms with Gasteiger partial charge in [0.05, 0.1) is 13.2 Å². The molecule has 1 aliphatic heterocycles. The zero-order valence-corrected chi connectivity index (χ0v) is 7.54. The van der Waals surface area contributed by atoms with Crippen molar-refractivity contribution < 1.29 is 14.3 Å². The van der Waals surface area contributed by atoms with E-state index >= 15 is 0 Å². The van der Waals surface area contributed by atoms with Crippen LogP contribution in [0.4, 0.5) is 0 Å². The van der Waals surface area contributed by atoms with Gasteiger partial charge in [-0.05, 0) is 19.8 Å². The summed E-state index contributed by atoms with van der Waals surface area (Å²) in [5, 5.41) is 0. The molecule has 0 amide bonds. The highest BCUT2D eigenvalue weighted by molar-refractivity contribution is 5.48. The Labute approximate surface area is 73.0 Å². The lowest BCUT2D eigenvalue weighted by Gasteiger charge is -2.21. The van der Waals surface area contributed by atoms with Crippen LogP contribution < -0.4 is 0 Å². The molecule has 0 aromatic rings. The van der Waals surface area contributed by atoms with Crippen molar-refractivity contribution in [3.63, 3.8) is 0 Å². The molecule has 12 heavy (non-hydrogen) atoms. The van der Waals surface area contributed by atoms with Gasteiger partial charge in [-0.15, -0.1) is 0 Å². The number of rotatable bonds is 5. The Morgan fingerprint density at radius 3 is 2.58 bits per heavy atom. The first kappa shape index (κ1) is 9.68. The SMILES string of the molecule is CC1(CCCCC=O)OCCO1. The van der Waals surface area contributed by atoms with Crippen molar-refractivity contribution in [3.8, 4) is 0 Å². The van der Waals surface area contributed by atoms with Crippen LogP contribution in [0.2, 0.25) is 0 Å². The molecule has 1 aliphatic rings. The molecule has 0 N–H and O–H groups in total. The third kappa shape index (κ3) is 2.91. The number of hydrogen-bond acceptors (Lipinski definition) is 3. The van der Waals surface area contributed by atoms with Crippen LogP contribution in [0.25, 0.3) is 0 Å². The lowest BCUT2D eigenvalue weighted by Crippen LogP contribution is -2.24. The summed E-state index contributed by atoms with van der Waals surface area (Å²) in [5.41, 5.74) is 0. The van der Waals surface area contributed by atoms with Gasteiger partial charge in [0.2, 0.25) is 0 Å². The van der Waals surface area contributed by atoms with Gasteiger partial charge in [-0.25, -0.2) is 0 Å². The Morgan fingerprint density at radius 2 is 2.00 bits per heavy atom. The lowest BCUT2D eigenvalue weighted by atomic mass is 10.1. The highest BCUT2D eigenvalue weighted by Gasteiger charge is 2.29. The maximum atomic E-state index is 10.0. The van der Waals surface area contributed by atoms with Crippen molar-refractivity contribution in [2.75, 3.05) is 13.2 Å². The summed E-state index contributed by atoms with van der Waals surface area (Å²) in [6.07, 6.45) is 4.43. The van der Waals surface area contributed by atoms with E-state index in [1.165, 1.54) is 0 Å². The smallest absolute Gasteiger partial charge is 0.165 e. The third-order valence-corrected chi connectivity index (χ3v) is 2.10. The van der Waals surface area contributed by atoms with Crippen LogP contribution in [0.5, 0.6) is 0 Å². The molecule has 3 heteroatoms. The van der Waals surface area contributed by atoms with E-state index in [4.69, 9.17) is 9.47 Å². The van der Waals surface area contributed by atoms with Crippen molar-refractivity contribution in [3.05, 3.63) is 0 Å². The van der Waals surface area contributed by atoms with E-state index in [9.17, 15) is 4.79 Å². The topological polar surface area (TPSA) is 35.5 Å². The molecule has 0 radical (unpaired) electrons. The predicted molar refractivity (Wildman–Crippen MR) is 44.8 cm³/mol. The Bertz CT molecular complexity index is 139. The van der Waals surface area contributed by atoms with Crippen LogP contribution in [0.3, 0.4) is 0 Å². The van der Waals surface area contributed by atoms with Crippen LogP contribution in [-0.2, 0) is 14.3 Å². The zero-order valence-electron chi connectivity index (χ0n) is 7.54. The van der Waals surface area contributed by atoms with Crippen LogP contribution in [0.15, 0.2) is 0 Å². The summed E-state index contributed by atoms with van der Waals surface area (Å²) in [5.74, 6) is -0.372. The Balaban J connectivity index is 2.08. The molecule has 0 aromatic carbocycles. The van der Waals surface area contributed by atoms with Gasteiger partial charge in [-0.3, -0.25) is 0 Å². The highest BCUT2D eigenvalue weighted by atomic mass is 16.7. The molecular weight excluding hydrogens is 156 g/mol. The fraction of sp³-hybridized carbons (Fsp3) is 0.889. The van der Waals surface area contributed by atoms with Crippen LogP contribution in [0.1, 0.15) is 32.6 Å². The second-order valence-electron chi connectivity index (χ2n) is 3.24. The summed E-state index contributed by atoms with van der Waals surface area (Å²) in [7, 11) is 0. The van der Waals surface area contributed by atoms with Crippen molar-refractivity contribution >= 4 is 6.29 Å². The quantitative estimate of drug-likeness (QED) is 0.466. The van der Waals surface area contributed by atoms with E-state index in [1.54, 1.807) is 0 Å². The highest BCUT2D eigenvalue weighted by Crippen LogP contribution is 2.24. The normalized spacial score (nSPS) is 21.1. The molecule has 0 bridgehead atoms. The van der Waals surface area contributed by atoms with Gasteiger partial charge < -0.3 is 14.3 Å². The Hall–Kier alpha value is -0.410. The second-order valence-corrected chi connectivity index (χ2v) is 3.24. The summed E-state index contributed by atoms with van der Waals surface area (Å²) in [4.78, 5) is 10.0. The first-order valence-electron chi connectivity index (χ1n) is 4.48. The first-order chi connectivity index (χ1) is 5.77. The summed E-state index contributed by atoms with van der Waals surface area (Å²) >= 11 is 0. The fourth-order valence-corrected chi connectivity index (χ4v) is 1.37. The molecule has 0 aliphatic carbocycles. The molecule has 1 heterocycles. The van der Waals surface area contributed by atoms with E-state index in [0.717, 1.165) is 25.5 Å². The molecule has 1 saturated heterocycles. The molecule has 0 atom stereocenters. The van der Waals surface area contributed by atoms with Gasteiger partial charge in [-0.2, -0.15) is 0 Å². The number of ether oxygens (including phenoxy) is 2. The van der Waals surface area contributed by atoms with E-state index in [1.807, 2.05) is 6.92 Å². The summed E-state index contributed by atoms with van der Waals surface area (Å²) in [6, 6.07) is 0. The molecule has 70 valence electrons. The molecule has 1 rings (SSSR count). The van der Waals surface area contributed by atoms with E-state index < -0.39 is 0 Å². The minimum Gasteiger partial charge on any atom is -0.348 e. The van der Waals surface area contributed by atoms with Crippen LogP contribution in [0, 0.1) is 0 Å². The van der Waals surface area contributed by atoms with Crippen molar-refractivity contribution in [2.45, 2.75) is 38.4 Å². The second kappa shape index (κ2) is 4.58. The minimum atomic E-state index is -0.372. The van der Waals surface area contributed by atoms with Crippen LogP contribution >= 0.6 is 0 Å². The number of carbonyl (C=O) groups is 1. The van der Waals surface area contributed by atoms with E-state index in [0.29, 0.717) is 19.6 Å². The van der Waals surface area contributed by atoms with Crippen molar-refractivity contribution in [1.29, 1.82) is 0 Å². The molecule has 0 unspecified atom stereocenters. The summed E-state index contributed by atoms with van der Waals surface area (Å²) < 4.78 is 10.8. The molecule has 0 aromatic heterocycles. The standard InChI is InChI=1S/C9H16O3/c1-9(11-7-8-12-9)5-3-2-4-6-10/h6H,2-5,7-8H2,1H3. The lowest BCUT2D eigenvalue weighted by molar-refractivity contribution is -0.147. The number of carbonyl (C=O) groups excluding carboxylic acids is 1. The average Bonchev–Trinajstić information content (AvgIpc) is 2.47. The first-order valence-corrected chi connectivity index (χ1v) is 4.48. The number of unbranched alkanes of at least 4 members (excludes halogenated alkanes) is 2.